The van der Waals surface area contributed by atoms with Gasteiger partial charge < -0.3 is 4.74 Å². The fourth-order valence-corrected chi connectivity index (χ4v) is 2.75. The summed E-state index contributed by atoms with van der Waals surface area (Å²) in [5, 5.41) is 0. The predicted octanol–water partition coefficient (Wildman–Crippen LogP) is 6.40. The monoisotopic (exact) mass is 309 g/mol. The van der Waals surface area contributed by atoms with E-state index in [-0.39, 0.29) is 12.1 Å². The van der Waals surface area contributed by atoms with E-state index in [2.05, 4.69) is 19.9 Å². The zero-order valence-corrected chi connectivity index (χ0v) is 14.9. The number of unbranched alkanes of at least 4 members (excludes halogenated alkanes) is 9. The summed E-state index contributed by atoms with van der Waals surface area (Å²) in [6.07, 6.45) is 20.1. The van der Waals surface area contributed by atoms with Crippen LogP contribution in [0, 0.1) is 6.92 Å². The fourth-order valence-electron chi connectivity index (χ4n) is 2.75. The summed E-state index contributed by atoms with van der Waals surface area (Å²) in [4.78, 5) is 11.1. The lowest BCUT2D eigenvalue weighted by Gasteiger charge is -2.16. The van der Waals surface area contributed by atoms with Crippen LogP contribution in [-0.4, -0.2) is 12.1 Å². The minimum atomic E-state index is -0.127. The third-order valence-corrected chi connectivity index (χ3v) is 4.03. The van der Waals surface area contributed by atoms with Crippen molar-refractivity contribution in [3.05, 3.63) is 19.1 Å². The number of hydrogen-bond donors (Lipinski definition) is 0. The zero-order chi connectivity index (χ0) is 16.5. The van der Waals surface area contributed by atoms with Gasteiger partial charge in [0, 0.05) is 6.92 Å². The van der Waals surface area contributed by atoms with Crippen molar-refractivity contribution in [1.29, 1.82) is 0 Å². The van der Waals surface area contributed by atoms with Crippen LogP contribution in [0.25, 0.3) is 0 Å². The Hall–Kier alpha value is -0.790. The molecule has 1 atom stereocenters. The molecular formula is C20H37O2. The number of ether oxygens (including phenoxy) is 1. The molecule has 0 bridgehead atoms. The maximum absolute atomic E-state index is 11.1. The van der Waals surface area contributed by atoms with Crippen LogP contribution in [0.2, 0.25) is 0 Å². The number of carbonyl (C=O) groups is 1. The highest BCUT2D eigenvalue weighted by atomic mass is 16.5. The van der Waals surface area contributed by atoms with Crippen LogP contribution in [0.5, 0.6) is 0 Å². The molecule has 0 aromatic heterocycles. The first-order valence-electron chi connectivity index (χ1n) is 9.32. The highest BCUT2D eigenvalue weighted by Gasteiger charge is 2.11. The molecule has 0 saturated heterocycles. The second kappa shape index (κ2) is 16.6. The largest absolute Gasteiger partial charge is 0.463 e. The molecular weight excluding hydrogens is 272 g/mol. The Morgan fingerprint density at radius 3 is 2.05 bits per heavy atom. The van der Waals surface area contributed by atoms with Crippen LogP contribution in [0.1, 0.15) is 97.3 Å². The molecule has 0 rings (SSSR count). The Kier molecular flexibility index (Phi) is 16.0. The molecule has 0 aliphatic rings. The number of rotatable bonds is 15. The van der Waals surface area contributed by atoms with Gasteiger partial charge in [-0.05, 0) is 45.4 Å². The van der Waals surface area contributed by atoms with E-state index in [0.717, 1.165) is 12.8 Å². The Labute approximate surface area is 138 Å². The Bertz CT molecular complexity index is 271. The number of allylic oxidation sites excluding steroid dienone is 2. The SMILES string of the molecule is [CH2]C=CCCCCCCCCCC(CCCCC)OC(C)=O. The predicted molar refractivity (Wildman–Crippen MR) is 95.7 cm³/mol. The first-order chi connectivity index (χ1) is 10.7. The molecule has 0 aromatic carbocycles. The van der Waals surface area contributed by atoms with Crippen LogP contribution in [0.15, 0.2) is 12.2 Å². The topological polar surface area (TPSA) is 26.3 Å². The van der Waals surface area contributed by atoms with E-state index in [1.807, 2.05) is 6.08 Å². The van der Waals surface area contributed by atoms with Crippen molar-refractivity contribution in [1.82, 2.24) is 0 Å². The summed E-state index contributed by atoms with van der Waals surface area (Å²) in [5.74, 6) is -0.127. The Morgan fingerprint density at radius 2 is 1.50 bits per heavy atom. The summed E-state index contributed by atoms with van der Waals surface area (Å²) in [6.45, 7) is 7.43. The van der Waals surface area contributed by atoms with E-state index in [4.69, 9.17) is 4.74 Å². The molecule has 22 heavy (non-hydrogen) atoms. The lowest BCUT2D eigenvalue weighted by molar-refractivity contribution is -0.147. The van der Waals surface area contributed by atoms with Crippen LogP contribution >= 0.6 is 0 Å². The van der Waals surface area contributed by atoms with Gasteiger partial charge in [0.25, 0.3) is 0 Å². The quantitative estimate of drug-likeness (QED) is 0.258. The van der Waals surface area contributed by atoms with Crippen LogP contribution in [0.3, 0.4) is 0 Å². The van der Waals surface area contributed by atoms with Crippen LogP contribution in [0.4, 0.5) is 0 Å². The van der Waals surface area contributed by atoms with Gasteiger partial charge in [0.15, 0.2) is 0 Å². The molecule has 0 N–H and O–H groups in total. The summed E-state index contributed by atoms with van der Waals surface area (Å²) in [5.41, 5.74) is 0. The fraction of sp³-hybridized carbons (Fsp3) is 0.800. The van der Waals surface area contributed by atoms with Gasteiger partial charge in [-0.15, -0.1) is 0 Å². The zero-order valence-electron chi connectivity index (χ0n) is 14.9. The van der Waals surface area contributed by atoms with E-state index in [9.17, 15) is 4.79 Å². The molecule has 1 radical (unpaired) electrons. The van der Waals surface area contributed by atoms with Gasteiger partial charge in [0.2, 0.25) is 0 Å². The molecule has 0 saturated carbocycles. The van der Waals surface area contributed by atoms with Crippen molar-refractivity contribution in [2.24, 2.45) is 0 Å². The molecule has 0 fully saturated rings. The maximum atomic E-state index is 11.1. The van der Waals surface area contributed by atoms with Gasteiger partial charge >= 0.3 is 5.97 Å². The minimum absolute atomic E-state index is 0.127. The minimum Gasteiger partial charge on any atom is -0.463 e. The lowest BCUT2D eigenvalue weighted by atomic mass is 10.0. The molecule has 0 aliphatic carbocycles. The molecule has 2 heteroatoms. The summed E-state index contributed by atoms with van der Waals surface area (Å²) >= 11 is 0. The van der Waals surface area contributed by atoms with E-state index in [1.165, 1.54) is 77.6 Å². The number of esters is 1. The van der Waals surface area contributed by atoms with Crippen molar-refractivity contribution < 1.29 is 9.53 Å². The lowest BCUT2D eigenvalue weighted by Crippen LogP contribution is -2.16. The van der Waals surface area contributed by atoms with E-state index in [0.29, 0.717) is 0 Å². The number of hydrogen-bond acceptors (Lipinski definition) is 2. The third-order valence-electron chi connectivity index (χ3n) is 4.03. The van der Waals surface area contributed by atoms with Gasteiger partial charge in [0.1, 0.15) is 6.10 Å². The Balaban J connectivity index is 3.51. The smallest absolute Gasteiger partial charge is 0.302 e. The molecule has 129 valence electrons. The highest BCUT2D eigenvalue weighted by Crippen LogP contribution is 2.16. The summed E-state index contributed by atoms with van der Waals surface area (Å²) < 4.78 is 5.43. The van der Waals surface area contributed by atoms with Crippen LogP contribution in [-0.2, 0) is 9.53 Å². The van der Waals surface area contributed by atoms with Crippen molar-refractivity contribution in [2.45, 2.75) is 103 Å². The average molecular weight is 310 g/mol. The maximum Gasteiger partial charge on any atom is 0.302 e. The molecule has 0 amide bonds. The molecule has 2 nitrogen and oxygen atoms in total. The van der Waals surface area contributed by atoms with Gasteiger partial charge in [0.05, 0.1) is 0 Å². The van der Waals surface area contributed by atoms with E-state index < -0.39 is 0 Å². The number of carbonyl (C=O) groups excluding carboxylic acids is 1. The Morgan fingerprint density at radius 1 is 0.955 bits per heavy atom. The molecule has 0 aromatic rings. The van der Waals surface area contributed by atoms with E-state index in [1.54, 1.807) is 0 Å². The standard InChI is InChI=1S/C20H37O2/c1-4-6-8-9-10-11-12-13-14-16-18-20(22-19(3)21)17-15-7-5-2/h4,6,20H,1,5,7-18H2,2-3H3. The molecule has 0 heterocycles. The van der Waals surface area contributed by atoms with Gasteiger partial charge in [-0.25, -0.2) is 0 Å². The van der Waals surface area contributed by atoms with Crippen molar-refractivity contribution in [2.75, 3.05) is 0 Å². The molecule has 1 unspecified atom stereocenters. The van der Waals surface area contributed by atoms with Crippen molar-refractivity contribution >= 4 is 5.97 Å². The normalized spacial score (nSPS) is 12.7. The summed E-state index contributed by atoms with van der Waals surface area (Å²) in [6, 6.07) is 0. The van der Waals surface area contributed by atoms with Crippen LogP contribution < -0.4 is 0 Å². The van der Waals surface area contributed by atoms with E-state index >= 15 is 0 Å². The van der Waals surface area contributed by atoms with Gasteiger partial charge in [-0.1, -0.05) is 64.0 Å². The first kappa shape index (κ1) is 21.2. The second-order valence-corrected chi connectivity index (χ2v) is 6.25. The molecule has 0 spiro atoms. The van der Waals surface area contributed by atoms with Gasteiger partial charge in [-0.3, -0.25) is 4.79 Å². The summed E-state index contributed by atoms with van der Waals surface area (Å²) in [7, 11) is 0. The third kappa shape index (κ3) is 15.6. The van der Waals surface area contributed by atoms with Crippen molar-refractivity contribution in [3.8, 4) is 0 Å². The first-order valence-corrected chi connectivity index (χ1v) is 9.32. The second-order valence-electron chi connectivity index (χ2n) is 6.25. The highest BCUT2D eigenvalue weighted by molar-refractivity contribution is 5.66. The van der Waals surface area contributed by atoms with Gasteiger partial charge in [-0.2, -0.15) is 0 Å². The molecule has 0 aliphatic heterocycles. The average Bonchev–Trinajstić information content (AvgIpc) is 2.48. The van der Waals surface area contributed by atoms with Crippen molar-refractivity contribution in [3.63, 3.8) is 0 Å².